The fourth-order valence-corrected chi connectivity index (χ4v) is 9.25. The molecule has 0 unspecified atom stereocenters. The third kappa shape index (κ3) is 5.27. The smallest absolute Gasteiger partial charge is 0.220 e. The van der Waals surface area contributed by atoms with E-state index in [1.54, 1.807) is 21.3 Å². The first-order valence-corrected chi connectivity index (χ1v) is 17.0. The van der Waals surface area contributed by atoms with Crippen molar-refractivity contribution < 1.29 is 32.9 Å². The maximum atomic E-state index is 12.6. The van der Waals surface area contributed by atoms with E-state index in [-0.39, 0.29) is 12.0 Å². The number of ether oxygens (including phenoxy) is 5. The predicted octanol–water partition coefficient (Wildman–Crippen LogP) is 6.94. The number of fused-ring (bicyclic) bond motifs is 1. The Morgan fingerprint density at radius 3 is 2.12 bits per heavy atom. The lowest BCUT2D eigenvalue weighted by Gasteiger charge is -2.58. The first kappa shape index (κ1) is 32.7. The van der Waals surface area contributed by atoms with Crippen LogP contribution in [0, 0.1) is 18.3 Å². The van der Waals surface area contributed by atoms with E-state index in [0.717, 1.165) is 41.1 Å². The second kappa shape index (κ2) is 12.6. The number of methoxy groups -OCH3 is 3. The van der Waals surface area contributed by atoms with E-state index in [0.29, 0.717) is 24.3 Å². The number of carbonyl (C=O) groups is 1. The zero-order valence-corrected chi connectivity index (χ0v) is 27.2. The lowest BCUT2D eigenvalue weighted by Crippen LogP contribution is -2.68. The molecule has 0 N–H and O–H groups in total. The second-order valence-corrected chi connectivity index (χ2v) is 16.3. The summed E-state index contributed by atoms with van der Waals surface area (Å²) in [6.45, 7) is 19.2. The zero-order chi connectivity index (χ0) is 29.9. The fraction of sp³-hybridized carbons (Fsp3) is 0.656. The number of benzene rings is 1. The molecule has 2 aliphatic rings. The average Bonchev–Trinajstić information content (AvgIpc) is 2.97. The molecule has 0 saturated carbocycles. The van der Waals surface area contributed by atoms with Crippen LogP contribution in [0.1, 0.15) is 69.4 Å². The van der Waals surface area contributed by atoms with Gasteiger partial charge < -0.3 is 28.1 Å². The van der Waals surface area contributed by atoms with E-state index in [4.69, 9.17) is 28.1 Å². The molecule has 8 heteroatoms. The Balaban J connectivity index is 2.32. The highest BCUT2D eigenvalue weighted by molar-refractivity contribution is 6.73. The summed E-state index contributed by atoms with van der Waals surface area (Å²) in [5.41, 5.74) is 2.72. The summed E-state index contributed by atoms with van der Waals surface area (Å²) in [6, 6.07) is 7.03. The van der Waals surface area contributed by atoms with Gasteiger partial charge in [-0.25, -0.2) is 0 Å². The Morgan fingerprint density at radius 1 is 1.02 bits per heavy atom. The summed E-state index contributed by atoms with van der Waals surface area (Å²) < 4.78 is 37.7. The van der Waals surface area contributed by atoms with E-state index >= 15 is 0 Å². The molecule has 1 aromatic rings. The minimum absolute atomic E-state index is 0.0782. The Hall–Kier alpha value is -1.81. The standard InChI is InChI=1S/C32H50O7Si/c1-12-18-32(21-37-40(13-2,14-3)15-4)23(6)29-28(38-30(7,35-10)31(8,36-11)39-29)19-26(32)24-16-17-27(34-9)22(5)25(24)20-33/h12,16-17,19-20,23,28-29H,1,13-15,18,21H2,2-11H3/t23-,28-,29-,30+,31+,32-/m1/s1. The topological polar surface area (TPSA) is 72.5 Å². The first-order chi connectivity index (χ1) is 18.9. The third-order valence-electron chi connectivity index (χ3n) is 10.1. The van der Waals surface area contributed by atoms with Crippen LogP contribution in [0.15, 0.2) is 30.9 Å². The molecule has 0 radical (unpaired) electrons. The summed E-state index contributed by atoms with van der Waals surface area (Å²) in [4.78, 5) is 12.6. The summed E-state index contributed by atoms with van der Waals surface area (Å²) in [5, 5.41) is 0. The van der Waals surface area contributed by atoms with E-state index in [1.807, 2.05) is 39.0 Å². The normalized spacial score (nSPS) is 32.2. The number of aldehydes is 1. The molecule has 40 heavy (non-hydrogen) atoms. The Kier molecular flexibility index (Phi) is 10.3. The first-order valence-electron chi connectivity index (χ1n) is 14.5. The molecule has 0 bridgehead atoms. The van der Waals surface area contributed by atoms with Crippen molar-refractivity contribution in [2.24, 2.45) is 11.3 Å². The van der Waals surface area contributed by atoms with Crippen LogP contribution in [0.2, 0.25) is 18.1 Å². The minimum Gasteiger partial charge on any atom is -0.496 e. The van der Waals surface area contributed by atoms with Crippen molar-refractivity contribution in [1.29, 1.82) is 0 Å². The summed E-state index contributed by atoms with van der Waals surface area (Å²) in [7, 11) is 2.86. The number of rotatable bonds is 13. The van der Waals surface area contributed by atoms with E-state index in [1.165, 1.54) is 0 Å². The lowest BCUT2D eigenvalue weighted by atomic mass is 9.60. The molecule has 1 heterocycles. The Bertz CT molecular complexity index is 1090. The van der Waals surface area contributed by atoms with Crippen molar-refractivity contribution in [3.05, 3.63) is 47.6 Å². The van der Waals surface area contributed by atoms with Gasteiger partial charge in [0, 0.05) is 37.4 Å². The van der Waals surface area contributed by atoms with Crippen LogP contribution in [0.3, 0.4) is 0 Å². The monoisotopic (exact) mass is 574 g/mol. The van der Waals surface area contributed by atoms with Gasteiger partial charge in [0.25, 0.3) is 0 Å². The van der Waals surface area contributed by atoms with Crippen LogP contribution in [0.4, 0.5) is 0 Å². The van der Waals surface area contributed by atoms with Gasteiger partial charge in [0.05, 0.1) is 13.2 Å². The lowest BCUT2D eigenvalue weighted by molar-refractivity contribution is -0.449. The van der Waals surface area contributed by atoms with Crippen molar-refractivity contribution in [3.63, 3.8) is 0 Å². The van der Waals surface area contributed by atoms with Crippen molar-refractivity contribution in [2.75, 3.05) is 27.9 Å². The maximum Gasteiger partial charge on any atom is 0.220 e. The summed E-state index contributed by atoms with van der Waals surface area (Å²) >= 11 is 0. The molecule has 1 fully saturated rings. The molecular weight excluding hydrogens is 524 g/mol. The van der Waals surface area contributed by atoms with Gasteiger partial charge in [-0.2, -0.15) is 0 Å². The molecule has 1 aliphatic carbocycles. The van der Waals surface area contributed by atoms with E-state index in [2.05, 4.69) is 40.3 Å². The predicted molar refractivity (Wildman–Crippen MR) is 161 cm³/mol. The number of allylic oxidation sites excluding steroid dienone is 1. The van der Waals surface area contributed by atoms with Crippen molar-refractivity contribution in [2.45, 2.75) is 96.8 Å². The second-order valence-electron chi connectivity index (χ2n) is 11.5. The van der Waals surface area contributed by atoms with E-state index < -0.39 is 31.4 Å². The SMILES string of the molecule is C=CC[C@]1(CO[Si](CC)(CC)CC)C(c2ccc(OC)c(C)c2C=O)=C[C@H]2O[C@](C)(OC)[C@@](C)(OC)O[C@@H]2[C@H]1C. The molecule has 7 nitrogen and oxygen atoms in total. The van der Waals surface area contributed by atoms with Crippen molar-refractivity contribution in [3.8, 4) is 5.75 Å². The van der Waals surface area contributed by atoms with Crippen molar-refractivity contribution in [1.82, 2.24) is 0 Å². The summed E-state index contributed by atoms with van der Waals surface area (Å²) in [6.07, 6.45) is 4.85. The molecule has 0 aromatic heterocycles. The van der Waals surface area contributed by atoms with Gasteiger partial charge in [-0.1, -0.05) is 39.8 Å². The number of carbonyl (C=O) groups excluding carboxylic acids is 1. The average molecular weight is 575 g/mol. The highest BCUT2D eigenvalue weighted by Crippen LogP contribution is 2.56. The van der Waals surface area contributed by atoms with Gasteiger partial charge >= 0.3 is 0 Å². The van der Waals surface area contributed by atoms with Crippen LogP contribution >= 0.6 is 0 Å². The van der Waals surface area contributed by atoms with Crippen molar-refractivity contribution >= 4 is 20.2 Å². The van der Waals surface area contributed by atoms with Gasteiger partial charge in [0.1, 0.15) is 11.9 Å². The molecule has 6 atom stereocenters. The molecule has 1 aromatic carbocycles. The highest BCUT2D eigenvalue weighted by Gasteiger charge is 2.61. The molecule has 0 amide bonds. The highest BCUT2D eigenvalue weighted by atomic mass is 28.4. The molecule has 0 spiro atoms. The quantitative estimate of drug-likeness (QED) is 0.143. The molecule has 1 aliphatic heterocycles. The number of hydrogen-bond donors (Lipinski definition) is 0. The largest absolute Gasteiger partial charge is 0.496 e. The fourth-order valence-electron chi connectivity index (χ4n) is 6.57. The maximum absolute atomic E-state index is 12.6. The van der Waals surface area contributed by atoms with Gasteiger partial charge in [-0.05, 0) is 74.5 Å². The van der Waals surface area contributed by atoms with Crippen LogP contribution in [0.5, 0.6) is 5.75 Å². The molecule has 3 rings (SSSR count). The van der Waals surface area contributed by atoms with Gasteiger partial charge in [0.15, 0.2) is 14.6 Å². The molecular formula is C32H50O7Si. The van der Waals surface area contributed by atoms with Crippen LogP contribution in [-0.2, 0) is 23.4 Å². The molecule has 1 saturated heterocycles. The summed E-state index contributed by atoms with van der Waals surface area (Å²) in [5.74, 6) is -1.70. The minimum atomic E-state index is -1.96. The van der Waals surface area contributed by atoms with Crippen LogP contribution < -0.4 is 4.74 Å². The van der Waals surface area contributed by atoms with Gasteiger partial charge in [-0.3, -0.25) is 4.79 Å². The van der Waals surface area contributed by atoms with Gasteiger partial charge in [-0.15, -0.1) is 6.58 Å². The van der Waals surface area contributed by atoms with E-state index in [9.17, 15) is 4.79 Å². The third-order valence-corrected chi connectivity index (χ3v) is 14.7. The molecule has 224 valence electrons. The Labute approximate surface area is 242 Å². The van der Waals surface area contributed by atoms with Gasteiger partial charge in [0.2, 0.25) is 11.6 Å². The Morgan fingerprint density at radius 2 is 1.62 bits per heavy atom. The van der Waals surface area contributed by atoms with Crippen LogP contribution in [0.25, 0.3) is 5.57 Å². The number of hydrogen-bond acceptors (Lipinski definition) is 7. The zero-order valence-electron chi connectivity index (χ0n) is 26.2. The van der Waals surface area contributed by atoms with Crippen LogP contribution in [-0.4, -0.2) is 66.3 Å².